The summed E-state index contributed by atoms with van der Waals surface area (Å²) < 4.78 is 66.9. The molecule has 12 heteroatoms. The molecule has 0 bridgehead atoms. The Morgan fingerprint density at radius 1 is 1.11 bits per heavy atom. The van der Waals surface area contributed by atoms with Crippen LogP contribution in [0.3, 0.4) is 0 Å². The quantitative estimate of drug-likeness (QED) is 0.252. The molecule has 0 N–H and O–H groups in total. The minimum absolute atomic E-state index is 0.0266. The second-order valence-corrected chi connectivity index (χ2v) is 9.99. The standard InChI is InChI=1S/C24H21F3N6O2S/c1-5-33(28-3)17-9-7-15(8-10-17)16-11-20(36(34,35)6-2)22(30-13-16)23-31-18-12-21(24(25,26)27)29-14-19(18)32(23)4/h5,7-14H,1,3,6H2,2,4H3. The first-order valence-electron chi connectivity index (χ1n) is 10.6. The minimum atomic E-state index is -4.64. The van der Waals surface area contributed by atoms with Gasteiger partial charge in [-0.1, -0.05) is 25.6 Å². The molecule has 186 valence electrons. The lowest BCUT2D eigenvalue weighted by Crippen LogP contribution is -2.09. The fourth-order valence-electron chi connectivity index (χ4n) is 3.67. The topological polar surface area (TPSA) is 93.3 Å². The second kappa shape index (κ2) is 9.19. The van der Waals surface area contributed by atoms with Crippen molar-refractivity contribution in [2.45, 2.75) is 18.0 Å². The van der Waals surface area contributed by atoms with Crippen molar-refractivity contribution in [1.29, 1.82) is 0 Å². The molecule has 0 aliphatic carbocycles. The number of anilines is 1. The smallest absolute Gasteiger partial charge is 0.324 e. The molecular formula is C24H21F3N6O2S. The van der Waals surface area contributed by atoms with E-state index in [9.17, 15) is 21.6 Å². The van der Waals surface area contributed by atoms with Crippen LogP contribution < -0.4 is 5.01 Å². The summed E-state index contributed by atoms with van der Waals surface area (Å²) in [4.78, 5) is 12.1. The summed E-state index contributed by atoms with van der Waals surface area (Å²) in [5.74, 6) is -0.0914. The first kappa shape index (κ1) is 25.0. The van der Waals surface area contributed by atoms with Gasteiger partial charge in [0.1, 0.15) is 11.4 Å². The van der Waals surface area contributed by atoms with E-state index in [-0.39, 0.29) is 27.7 Å². The van der Waals surface area contributed by atoms with Crippen molar-refractivity contribution >= 4 is 33.3 Å². The fraction of sp³-hybridized carbons (Fsp3) is 0.167. The average molecular weight is 515 g/mol. The van der Waals surface area contributed by atoms with Crippen molar-refractivity contribution in [2.24, 2.45) is 12.1 Å². The van der Waals surface area contributed by atoms with E-state index in [2.05, 4.69) is 33.3 Å². The number of rotatable bonds is 7. The third-order valence-corrected chi connectivity index (χ3v) is 7.37. The van der Waals surface area contributed by atoms with Crippen LogP contribution in [0.1, 0.15) is 12.6 Å². The molecule has 0 radical (unpaired) electrons. The number of aryl methyl sites for hydroxylation is 1. The van der Waals surface area contributed by atoms with E-state index in [4.69, 9.17) is 0 Å². The number of nitrogens with zero attached hydrogens (tertiary/aromatic N) is 6. The van der Waals surface area contributed by atoms with Crippen molar-refractivity contribution in [1.82, 2.24) is 19.5 Å². The molecule has 36 heavy (non-hydrogen) atoms. The summed E-state index contributed by atoms with van der Waals surface area (Å²) in [5, 5.41) is 5.30. The van der Waals surface area contributed by atoms with Crippen molar-refractivity contribution < 1.29 is 21.6 Å². The Balaban J connectivity index is 1.86. The van der Waals surface area contributed by atoms with Crippen LogP contribution in [0.5, 0.6) is 0 Å². The Bertz CT molecular complexity index is 1570. The third-order valence-electron chi connectivity index (χ3n) is 5.63. The molecule has 0 aliphatic rings. The lowest BCUT2D eigenvalue weighted by molar-refractivity contribution is -0.141. The van der Waals surface area contributed by atoms with Gasteiger partial charge in [-0.2, -0.15) is 18.3 Å². The highest BCUT2D eigenvalue weighted by Crippen LogP contribution is 2.34. The molecule has 4 aromatic rings. The zero-order valence-corrected chi connectivity index (χ0v) is 20.2. The van der Waals surface area contributed by atoms with E-state index < -0.39 is 21.7 Å². The number of imidazole rings is 1. The van der Waals surface area contributed by atoms with Gasteiger partial charge in [0.25, 0.3) is 0 Å². The van der Waals surface area contributed by atoms with Gasteiger partial charge in [0, 0.05) is 31.7 Å². The van der Waals surface area contributed by atoms with Crippen LogP contribution in [0, 0.1) is 0 Å². The Morgan fingerprint density at radius 3 is 2.39 bits per heavy atom. The van der Waals surface area contributed by atoms with Gasteiger partial charge in [-0.3, -0.25) is 4.98 Å². The first-order chi connectivity index (χ1) is 17.0. The Hall–Kier alpha value is -4.06. The summed E-state index contributed by atoms with van der Waals surface area (Å²) in [7, 11) is -2.21. The highest BCUT2D eigenvalue weighted by atomic mass is 32.2. The van der Waals surface area contributed by atoms with Gasteiger partial charge in [0.2, 0.25) is 0 Å². The number of halogens is 3. The largest absolute Gasteiger partial charge is 0.433 e. The summed E-state index contributed by atoms with van der Waals surface area (Å²) in [6, 6.07) is 9.40. The molecule has 0 saturated heterocycles. The number of sulfone groups is 1. The highest BCUT2D eigenvalue weighted by Gasteiger charge is 2.33. The maximum Gasteiger partial charge on any atom is 0.433 e. The number of fused-ring (bicyclic) bond motifs is 1. The highest BCUT2D eigenvalue weighted by molar-refractivity contribution is 7.91. The molecule has 0 saturated carbocycles. The van der Waals surface area contributed by atoms with Gasteiger partial charge >= 0.3 is 6.18 Å². The molecular weight excluding hydrogens is 493 g/mol. The molecule has 0 aliphatic heterocycles. The van der Waals surface area contributed by atoms with Crippen molar-refractivity contribution in [3.8, 4) is 22.6 Å². The van der Waals surface area contributed by atoms with E-state index in [1.807, 2.05) is 0 Å². The van der Waals surface area contributed by atoms with Crippen LogP contribution in [-0.4, -0.2) is 40.4 Å². The zero-order valence-electron chi connectivity index (χ0n) is 19.4. The second-order valence-electron chi connectivity index (χ2n) is 7.74. The molecule has 0 atom stereocenters. The molecule has 0 fully saturated rings. The third kappa shape index (κ3) is 4.47. The SMILES string of the molecule is C=CN(N=C)c1ccc(-c2cnc(-c3nc4cc(C(F)(F)F)ncc4n3C)c(S(=O)(=O)CC)c2)cc1. The molecule has 0 amide bonds. The molecule has 0 spiro atoms. The number of benzene rings is 1. The average Bonchev–Trinajstić information content (AvgIpc) is 3.20. The minimum Gasteiger partial charge on any atom is -0.324 e. The van der Waals surface area contributed by atoms with Crippen LogP contribution in [0.25, 0.3) is 33.7 Å². The Morgan fingerprint density at radius 2 is 1.81 bits per heavy atom. The van der Waals surface area contributed by atoms with Crippen molar-refractivity contribution in [2.75, 3.05) is 10.8 Å². The maximum atomic E-state index is 13.1. The Kier molecular flexibility index (Phi) is 6.39. The van der Waals surface area contributed by atoms with E-state index in [0.717, 1.165) is 12.3 Å². The Labute approximate surface area is 205 Å². The van der Waals surface area contributed by atoms with Crippen LogP contribution >= 0.6 is 0 Å². The van der Waals surface area contributed by atoms with Gasteiger partial charge in [0.05, 0.1) is 33.6 Å². The van der Waals surface area contributed by atoms with Gasteiger partial charge in [0.15, 0.2) is 15.7 Å². The van der Waals surface area contributed by atoms with Gasteiger partial charge in [-0.05, 0) is 29.8 Å². The zero-order chi connectivity index (χ0) is 26.3. The maximum absolute atomic E-state index is 13.1. The van der Waals surface area contributed by atoms with Gasteiger partial charge in [-0.15, -0.1) is 0 Å². The van der Waals surface area contributed by atoms with Crippen molar-refractivity contribution in [3.63, 3.8) is 0 Å². The number of pyridine rings is 2. The van der Waals surface area contributed by atoms with E-state index in [0.29, 0.717) is 22.3 Å². The molecule has 4 rings (SSSR count). The van der Waals surface area contributed by atoms with Gasteiger partial charge < -0.3 is 4.57 Å². The predicted molar refractivity (Wildman–Crippen MR) is 132 cm³/mol. The number of aromatic nitrogens is 4. The van der Waals surface area contributed by atoms with Crippen LogP contribution in [0.15, 0.2) is 71.6 Å². The fourth-order valence-corrected chi connectivity index (χ4v) is 4.73. The monoisotopic (exact) mass is 514 g/mol. The van der Waals surface area contributed by atoms with E-state index in [1.165, 1.54) is 35.0 Å². The predicted octanol–water partition coefficient (Wildman–Crippen LogP) is 5.08. The lowest BCUT2D eigenvalue weighted by Gasteiger charge is -2.14. The molecule has 3 heterocycles. The molecule has 8 nitrogen and oxygen atoms in total. The number of hydrogen-bond acceptors (Lipinski definition) is 7. The van der Waals surface area contributed by atoms with Crippen LogP contribution in [-0.2, 0) is 23.1 Å². The number of hydrazone groups is 1. The van der Waals surface area contributed by atoms with E-state index >= 15 is 0 Å². The molecule has 1 aromatic carbocycles. The summed E-state index contributed by atoms with van der Waals surface area (Å²) >= 11 is 0. The lowest BCUT2D eigenvalue weighted by atomic mass is 10.1. The van der Waals surface area contributed by atoms with Gasteiger partial charge in [-0.25, -0.2) is 23.4 Å². The summed E-state index contributed by atoms with van der Waals surface area (Å²) in [5.41, 5.74) is 1.23. The summed E-state index contributed by atoms with van der Waals surface area (Å²) in [6.07, 6.45) is -0.589. The van der Waals surface area contributed by atoms with Crippen LogP contribution in [0.2, 0.25) is 0 Å². The summed E-state index contributed by atoms with van der Waals surface area (Å²) in [6.45, 7) is 8.64. The number of hydrogen-bond donors (Lipinski definition) is 0. The molecule has 0 unspecified atom stereocenters. The molecule has 3 aromatic heterocycles. The first-order valence-corrected chi connectivity index (χ1v) is 12.3. The van der Waals surface area contributed by atoms with Crippen molar-refractivity contribution in [3.05, 3.63) is 67.3 Å². The van der Waals surface area contributed by atoms with E-state index in [1.54, 1.807) is 31.3 Å². The van der Waals surface area contributed by atoms with Crippen LogP contribution in [0.4, 0.5) is 18.9 Å². The normalized spacial score (nSPS) is 12.0. The number of alkyl halides is 3.